The van der Waals surface area contributed by atoms with Crippen molar-refractivity contribution in [3.63, 3.8) is 0 Å². The van der Waals surface area contributed by atoms with Gasteiger partial charge in [-0.25, -0.2) is 0 Å². The van der Waals surface area contributed by atoms with Gasteiger partial charge in [-0.05, 0) is 42.0 Å². The van der Waals surface area contributed by atoms with Crippen LogP contribution in [-0.4, -0.2) is 14.6 Å². The van der Waals surface area contributed by atoms with Gasteiger partial charge < -0.3 is 4.74 Å². The van der Waals surface area contributed by atoms with Gasteiger partial charge in [-0.2, -0.15) is 13.2 Å². The Morgan fingerprint density at radius 3 is 2.30 bits per heavy atom. The van der Waals surface area contributed by atoms with Crippen molar-refractivity contribution in [3.05, 3.63) is 84.1 Å². The molecular weight excluding hydrogens is 355 g/mol. The second kappa shape index (κ2) is 6.75. The Balaban J connectivity index is 1.58. The Morgan fingerprint density at radius 1 is 0.852 bits per heavy atom. The number of pyridine rings is 1. The zero-order chi connectivity index (χ0) is 18.9. The molecule has 0 spiro atoms. The fraction of sp³-hybridized carbons (Fsp3) is 0.100. The van der Waals surface area contributed by atoms with Crippen molar-refractivity contribution < 1.29 is 17.9 Å². The second-order valence-electron chi connectivity index (χ2n) is 5.97. The van der Waals surface area contributed by atoms with E-state index in [0.29, 0.717) is 29.4 Å². The van der Waals surface area contributed by atoms with Crippen LogP contribution in [-0.2, 0) is 12.8 Å². The van der Waals surface area contributed by atoms with E-state index in [1.54, 1.807) is 24.3 Å². The second-order valence-corrected chi connectivity index (χ2v) is 5.97. The lowest BCUT2D eigenvalue weighted by Gasteiger charge is -2.08. The average molecular weight is 369 g/mol. The number of aromatic nitrogens is 3. The maximum Gasteiger partial charge on any atom is 0.417 e. The molecule has 0 unspecified atom stereocenters. The topological polar surface area (TPSA) is 39.4 Å². The van der Waals surface area contributed by atoms with Gasteiger partial charge in [-0.3, -0.25) is 4.40 Å². The number of hydrogen-bond donors (Lipinski definition) is 0. The molecule has 2 aromatic carbocycles. The maximum atomic E-state index is 13.0. The highest BCUT2D eigenvalue weighted by Gasteiger charge is 2.31. The summed E-state index contributed by atoms with van der Waals surface area (Å²) in [6, 6.07) is 19.1. The normalized spacial score (nSPS) is 11.7. The van der Waals surface area contributed by atoms with Crippen LogP contribution in [0.5, 0.6) is 5.75 Å². The summed E-state index contributed by atoms with van der Waals surface area (Å²) in [6.45, 7) is 0.434. The fourth-order valence-corrected chi connectivity index (χ4v) is 2.70. The van der Waals surface area contributed by atoms with Gasteiger partial charge in [0, 0.05) is 11.8 Å². The largest absolute Gasteiger partial charge is 0.489 e. The number of halogens is 3. The van der Waals surface area contributed by atoms with Gasteiger partial charge in [0.2, 0.25) is 0 Å². The van der Waals surface area contributed by atoms with Crippen molar-refractivity contribution in [2.75, 3.05) is 0 Å². The van der Waals surface area contributed by atoms with Crippen molar-refractivity contribution in [2.45, 2.75) is 12.8 Å². The molecule has 2 heterocycles. The van der Waals surface area contributed by atoms with E-state index < -0.39 is 11.7 Å². The molecule has 0 aliphatic rings. The van der Waals surface area contributed by atoms with Crippen molar-refractivity contribution in [2.24, 2.45) is 0 Å². The molecule has 4 rings (SSSR count). The Morgan fingerprint density at radius 2 is 1.59 bits per heavy atom. The Labute approximate surface area is 152 Å². The maximum absolute atomic E-state index is 13.0. The standard InChI is InChI=1S/C20H14F3N3O/c21-20(22,23)16-8-11-18-24-25-19(26(18)12-16)15-6-9-17(10-7-15)27-13-14-4-2-1-3-5-14/h1-12H,13H2. The molecular formula is C20H14F3N3O. The quantitative estimate of drug-likeness (QED) is 0.509. The molecule has 7 heteroatoms. The third-order valence-corrected chi connectivity index (χ3v) is 4.09. The number of fused-ring (bicyclic) bond motifs is 1. The van der Waals surface area contributed by atoms with Crippen LogP contribution in [0.15, 0.2) is 72.9 Å². The lowest BCUT2D eigenvalue weighted by Crippen LogP contribution is -2.06. The predicted octanol–water partition coefficient (Wildman–Crippen LogP) is 4.99. The Hall–Kier alpha value is -3.35. The summed E-state index contributed by atoms with van der Waals surface area (Å²) in [5, 5.41) is 7.95. The third kappa shape index (κ3) is 3.62. The number of alkyl halides is 3. The molecule has 2 aromatic heterocycles. The Kier molecular flexibility index (Phi) is 4.27. The van der Waals surface area contributed by atoms with E-state index in [1.165, 1.54) is 10.5 Å². The lowest BCUT2D eigenvalue weighted by molar-refractivity contribution is -0.137. The van der Waals surface area contributed by atoms with E-state index in [2.05, 4.69) is 10.2 Å². The number of rotatable bonds is 4. The molecule has 4 aromatic rings. The Bertz CT molecular complexity index is 1060. The molecule has 136 valence electrons. The first-order valence-electron chi connectivity index (χ1n) is 8.20. The lowest BCUT2D eigenvalue weighted by atomic mass is 10.2. The zero-order valence-corrected chi connectivity index (χ0v) is 14.0. The summed E-state index contributed by atoms with van der Waals surface area (Å²) >= 11 is 0. The summed E-state index contributed by atoms with van der Waals surface area (Å²) in [6.07, 6.45) is -3.42. The van der Waals surface area contributed by atoms with Gasteiger partial charge in [0.15, 0.2) is 11.5 Å². The number of nitrogens with zero attached hydrogens (tertiary/aromatic N) is 3. The van der Waals surface area contributed by atoms with Crippen LogP contribution >= 0.6 is 0 Å². The molecule has 0 saturated carbocycles. The molecule has 27 heavy (non-hydrogen) atoms. The molecule has 0 N–H and O–H groups in total. The molecule has 0 aliphatic heterocycles. The summed E-state index contributed by atoms with van der Waals surface area (Å²) in [5.41, 5.74) is 1.29. The number of benzene rings is 2. The fourth-order valence-electron chi connectivity index (χ4n) is 2.70. The molecule has 0 aliphatic carbocycles. The summed E-state index contributed by atoms with van der Waals surface area (Å²) in [4.78, 5) is 0. The number of hydrogen-bond acceptors (Lipinski definition) is 3. The van der Waals surface area contributed by atoms with E-state index in [9.17, 15) is 13.2 Å². The van der Waals surface area contributed by atoms with Crippen molar-refractivity contribution in [1.29, 1.82) is 0 Å². The van der Waals surface area contributed by atoms with E-state index in [-0.39, 0.29) is 0 Å². The van der Waals surface area contributed by atoms with Crippen molar-refractivity contribution in [3.8, 4) is 17.1 Å². The molecule has 0 radical (unpaired) electrons. The first-order chi connectivity index (χ1) is 13.0. The third-order valence-electron chi connectivity index (χ3n) is 4.09. The predicted molar refractivity (Wildman–Crippen MR) is 94.2 cm³/mol. The van der Waals surface area contributed by atoms with Crippen LogP contribution in [0.2, 0.25) is 0 Å². The molecule has 4 nitrogen and oxygen atoms in total. The molecule has 0 atom stereocenters. The number of ether oxygens (including phenoxy) is 1. The molecule has 0 fully saturated rings. The smallest absolute Gasteiger partial charge is 0.417 e. The van der Waals surface area contributed by atoms with Crippen LogP contribution in [0.4, 0.5) is 13.2 Å². The van der Waals surface area contributed by atoms with Crippen LogP contribution < -0.4 is 4.74 Å². The van der Waals surface area contributed by atoms with Crippen molar-refractivity contribution >= 4 is 5.65 Å². The van der Waals surface area contributed by atoms with Crippen LogP contribution in [0.1, 0.15) is 11.1 Å². The zero-order valence-electron chi connectivity index (χ0n) is 14.0. The molecule has 0 saturated heterocycles. The molecule has 0 bridgehead atoms. The van der Waals surface area contributed by atoms with Gasteiger partial charge in [0.05, 0.1) is 5.56 Å². The van der Waals surface area contributed by atoms with Gasteiger partial charge in [0.25, 0.3) is 0 Å². The van der Waals surface area contributed by atoms with Crippen LogP contribution in [0, 0.1) is 0 Å². The summed E-state index contributed by atoms with van der Waals surface area (Å²) in [5.74, 6) is 0.998. The first-order valence-corrected chi connectivity index (χ1v) is 8.20. The van der Waals surface area contributed by atoms with Gasteiger partial charge >= 0.3 is 6.18 Å². The van der Waals surface area contributed by atoms with E-state index in [1.807, 2.05) is 30.3 Å². The van der Waals surface area contributed by atoms with Crippen LogP contribution in [0.25, 0.3) is 17.0 Å². The monoisotopic (exact) mass is 369 g/mol. The first kappa shape index (κ1) is 17.1. The van der Waals surface area contributed by atoms with Crippen LogP contribution in [0.3, 0.4) is 0 Å². The highest BCUT2D eigenvalue weighted by Crippen LogP contribution is 2.30. The molecule has 0 amide bonds. The van der Waals surface area contributed by atoms with E-state index >= 15 is 0 Å². The van der Waals surface area contributed by atoms with Gasteiger partial charge in [-0.15, -0.1) is 10.2 Å². The van der Waals surface area contributed by atoms with Crippen molar-refractivity contribution in [1.82, 2.24) is 14.6 Å². The summed E-state index contributed by atoms with van der Waals surface area (Å²) < 4.78 is 45.9. The minimum absolute atomic E-state index is 0.339. The average Bonchev–Trinajstić information content (AvgIpc) is 3.10. The highest BCUT2D eigenvalue weighted by atomic mass is 19.4. The van der Waals surface area contributed by atoms with E-state index in [4.69, 9.17) is 4.74 Å². The van der Waals surface area contributed by atoms with Gasteiger partial charge in [0.1, 0.15) is 12.4 Å². The minimum Gasteiger partial charge on any atom is -0.489 e. The van der Waals surface area contributed by atoms with Gasteiger partial charge in [-0.1, -0.05) is 30.3 Å². The van der Waals surface area contributed by atoms with E-state index in [0.717, 1.165) is 17.8 Å². The summed E-state index contributed by atoms with van der Waals surface area (Å²) in [7, 11) is 0. The minimum atomic E-state index is -4.43. The SMILES string of the molecule is FC(F)(F)c1ccc2nnc(-c3ccc(OCc4ccccc4)cc3)n2c1. The highest BCUT2D eigenvalue weighted by molar-refractivity contribution is 5.60.